The van der Waals surface area contributed by atoms with Gasteiger partial charge >= 0.3 is 12.1 Å². The monoisotopic (exact) mass is 458 g/mol. The molecule has 2 aliphatic rings. The molecule has 1 fully saturated rings. The number of benzene rings is 1. The van der Waals surface area contributed by atoms with Gasteiger partial charge in [-0.15, -0.1) is 0 Å². The van der Waals surface area contributed by atoms with Gasteiger partial charge in [-0.2, -0.15) is 0 Å². The summed E-state index contributed by atoms with van der Waals surface area (Å²) in [6.45, 7) is 7.74. The van der Waals surface area contributed by atoms with E-state index in [0.717, 1.165) is 37.9 Å². The molecule has 1 saturated heterocycles. The predicted molar refractivity (Wildman–Crippen MR) is 122 cm³/mol. The van der Waals surface area contributed by atoms with Crippen LogP contribution in [0.25, 0.3) is 10.9 Å². The number of urea groups is 1. The summed E-state index contributed by atoms with van der Waals surface area (Å²) in [5.74, 6) is -0.792. The maximum atomic E-state index is 14.6. The van der Waals surface area contributed by atoms with Gasteiger partial charge in [-0.25, -0.2) is 14.0 Å². The minimum absolute atomic E-state index is 0.0178. The highest BCUT2D eigenvalue weighted by atomic mass is 19.1. The predicted octanol–water partition coefficient (Wildman–Crippen LogP) is 3.91. The maximum absolute atomic E-state index is 14.6. The second kappa shape index (κ2) is 9.03. The summed E-state index contributed by atoms with van der Waals surface area (Å²) in [6.07, 6.45) is 4.17. The van der Waals surface area contributed by atoms with Crippen molar-refractivity contribution in [3.8, 4) is 0 Å². The first-order valence-corrected chi connectivity index (χ1v) is 11.5. The Morgan fingerprint density at radius 2 is 1.76 bits per heavy atom. The minimum atomic E-state index is -0.681. The van der Waals surface area contributed by atoms with Gasteiger partial charge in [0.05, 0.1) is 12.1 Å². The van der Waals surface area contributed by atoms with Gasteiger partial charge in [0.15, 0.2) is 5.78 Å². The smallest absolute Gasteiger partial charge is 0.408 e. The summed E-state index contributed by atoms with van der Waals surface area (Å²) in [5, 5.41) is 2.97. The zero-order chi connectivity index (χ0) is 23.8. The molecule has 1 N–H and O–H groups in total. The third kappa shape index (κ3) is 5.12. The molecular formula is C24H31FN4O4. The van der Waals surface area contributed by atoms with Crippen LogP contribution in [0, 0.1) is 5.82 Å². The van der Waals surface area contributed by atoms with Gasteiger partial charge in [0.2, 0.25) is 0 Å². The van der Waals surface area contributed by atoms with Gasteiger partial charge in [-0.1, -0.05) is 0 Å². The number of ether oxygens (including phenoxy) is 1. The molecular weight excluding hydrogens is 427 g/mol. The number of Topliss-reactive ketones (excluding diaryl/α,β-unsaturated/α-hetero) is 1. The van der Waals surface area contributed by atoms with E-state index in [0.29, 0.717) is 29.6 Å². The quantitative estimate of drug-likeness (QED) is 0.707. The van der Waals surface area contributed by atoms with E-state index in [1.807, 2.05) is 9.47 Å². The second-order valence-electron chi connectivity index (χ2n) is 9.73. The van der Waals surface area contributed by atoms with Crippen LogP contribution in [0.1, 0.15) is 56.0 Å². The van der Waals surface area contributed by atoms with Crippen LogP contribution in [-0.2, 0) is 17.8 Å². The fourth-order valence-electron chi connectivity index (χ4n) is 4.53. The largest absolute Gasteiger partial charge is 0.444 e. The maximum Gasteiger partial charge on any atom is 0.408 e. The Kier molecular flexibility index (Phi) is 6.32. The Morgan fingerprint density at radius 1 is 1.03 bits per heavy atom. The molecule has 3 heterocycles. The Balaban J connectivity index is 1.56. The molecule has 0 unspecified atom stereocenters. The van der Waals surface area contributed by atoms with Crippen LogP contribution in [0.5, 0.6) is 0 Å². The van der Waals surface area contributed by atoms with Crippen molar-refractivity contribution in [2.75, 3.05) is 26.2 Å². The molecule has 0 spiro atoms. The van der Waals surface area contributed by atoms with Gasteiger partial charge in [0.1, 0.15) is 11.4 Å². The third-order valence-corrected chi connectivity index (χ3v) is 5.98. The number of alkyl carbamates (subject to hydrolysis) is 1. The lowest BCUT2D eigenvalue weighted by atomic mass is 10.1. The number of nitrogens with one attached hydrogen (secondary N) is 1. The highest BCUT2D eigenvalue weighted by Crippen LogP contribution is 2.30. The fraction of sp³-hybridized carbons (Fsp3) is 0.542. The van der Waals surface area contributed by atoms with Crippen molar-refractivity contribution in [3.05, 3.63) is 35.3 Å². The fourth-order valence-corrected chi connectivity index (χ4v) is 4.53. The molecule has 9 heteroatoms. The molecule has 2 aromatic rings. The van der Waals surface area contributed by atoms with Crippen molar-refractivity contribution in [1.82, 2.24) is 19.7 Å². The second-order valence-corrected chi connectivity index (χ2v) is 9.73. The average molecular weight is 459 g/mol. The molecule has 1 aromatic heterocycles. The summed E-state index contributed by atoms with van der Waals surface area (Å²) < 4.78 is 21.6. The lowest BCUT2D eigenvalue weighted by molar-refractivity contribution is 0.0520. The van der Waals surface area contributed by atoms with Crippen LogP contribution in [0.2, 0.25) is 0 Å². The number of aromatic nitrogens is 1. The highest BCUT2D eigenvalue weighted by Gasteiger charge is 2.28. The molecule has 1 aromatic carbocycles. The number of carbonyl (C=O) groups is 3. The molecule has 3 amide bonds. The molecule has 0 bridgehead atoms. The average Bonchev–Trinajstić information content (AvgIpc) is 3.01. The van der Waals surface area contributed by atoms with Crippen molar-refractivity contribution in [2.24, 2.45) is 0 Å². The van der Waals surface area contributed by atoms with E-state index in [1.165, 1.54) is 12.1 Å². The number of piperidine rings is 1. The van der Waals surface area contributed by atoms with Crippen molar-refractivity contribution in [2.45, 2.75) is 58.7 Å². The van der Waals surface area contributed by atoms with Gasteiger partial charge in [0.25, 0.3) is 0 Å². The van der Waals surface area contributed by atoms with Crippen molar-refractivity contribution < 1.29 is 23.5 Å². The Labute approximate surface area is 192 Å². The summed E-state index contributed by atoms with van der Waals surface area (Å²) >= 11 is 0. The van der Waals surface area contributed by atoms with E-state index < -0.39 is 17.5 Å². The van der Waals surface area contributed by atoms with E-state index >= 15 is 0 Å². The number of hydrogen-bond donors (Lipinski definition) is 1. The van der Waals surface area contributed by atoms with Crippen molar-refractivity contribution in [3.63, 3.8) is 0 Å². The molecule has 33 heavy (non-hydrogen) atoms. The van der Waals surface area contributed by atoms with E-state index in [-0.39, 0.29) is 24.9 Å². The summed E-state index contributed by atoms with van der Waals surface area (Å²) in [6, 6.07) is 2.77. The normalized spacial score (nSPS) is 16.5. The third-order valence-electron chi connectivity index (χ3n) is 5.98. The molecule has 8 nitrogen and oxygen atoms in total. The number of hydrogen-bond acceptors (Lipinski definition) is 4. The number of likely N-dealkylation sites (tertiary alicyclic amines) is 1. The molecule has 178 valence electrons. The molecule has 4 rings (SSSR count). The van der Waals surface area contributed by atoms with Gasteiger partial charge in [-0.3, -0.25) is 4.79 Å². The van der Waals surface area contributed by atoms with Crippen LogP contribution in [0.15, 0.2) is 18.3 Å². The van der Waals surface area contributed by atoms with E-state index in [2.05, 4.69) is 5.32 Å². The number of carbonyl (C=O) groups excluding carboxylic acids is 3. The van der Waals surface area contributed by atoms with Gasteiger partial charge in [-0.05, 0) is 57.7 Å². The Morgan fingerprint density at radius 3 is 2.45 bits per heavy atom. The molecule has 0 atom stereocenters. The summed E-state index contributed by atoms with van der Waals surface area (Å²) in [4.78, 5) is 41.5. The van der Waals surface area contributed by atoms with Crippen molar-refractivity contribution in [1.29, 1.82) is 0 Å². The van der Waals surface area contributed by atoms with Crippen LogP contribution in [0.4, 0.5) is 14.0 Å². The van der Waals surface area contributed by atoms with Crippen LogP contribution >= 0.6 is 0 Å². The minimum Gasteiger partial charge on any atom is -0.444 e. The summed E-state index contributed by atoms with van der Waals surface area (Å²) in [7, 11) is 0. The SMILES string of the molecule is CC(C)(C)OC(=O)NCC(=O)c1cn2c3c(cc(F)cc13)CN(C(=O)N1CCCCC1)CC2. The van der Waals surface area contributed by atoms with E-state index in [4.69, 9.17) is 4.74 Å². The highest BCUT2D eigenvalue weighted by molar-refractivity contribution is 6.10. The van der Waals surface area contributed by atoms with Crippen LogP contribution in [0.3, 0.4) is 0 Å². The Bertz CT molecular complexity index is 1080. The first-order valence-electron chi connectivity index (χ1n) is 11.5. The van der Waals surface area contributed by atoms with Crippen LogP contribution in [-0.4, -0.2) is 64.1 Å². The lowest BCUT2D eigenvalue weighted by Gasteiger charge is -2.32. The standard InChI is InChI=1S/C24H31FN4O4/c1-24(2,3)33-22(31)26-13-20(30)19-15-28-9-10-29(23(32)27-7-5-4-6-8-27)14-16-11-17(25)12-18(19)21(16)28/h11-12,15H,4-10,13-14H2,1-3H3,(H,26,31). The Hall–Kier alpha value is -3.10. The van der Waals surface area contributed by atoms with Crippen molar-refractivity contribution >= 4 is 28.8 Å². The zero-order valence-corrected chi connectivity index (χ0v) is 19.4. The zero-order valence-electron chi connectivity index (χ0n) is 19.4. The number of amides is 3. The number of halogens is 1. The first-order chi connectivity index (χ1) is 15.6. The molecule has 0 saturated carbocycles. The van der Waals surface area contributed by atoms with Crippen LogP contribution < -0.4 is 5.32 Å². The van der Waals surface area contributed by atoms with Gasteiger partial charge in [0, 0.05) is 49.9 Å². The first kappa shape index (κ1) is 23.1. The molecule has 0 radical (unpaired) electrons. The molecule has 2 aliphatic heterocycles. The number of nitrogens with zero attached hydrogens (tertiary/aromatic N) is 3. The topological polar surface area (TPSA) is 83.9 Å². The van der Waals surface area contributed by atoms with Gasteiger partial charge < -0.3 is 24.4 Å². The summed E-state index contributed by atoms with van der Waals surface area (Å²) in [5.41, 5.74) is 1.10. The van der Waals surface area contributed by atoms with E-state index in [1.54, 1.807) is 31.9 Å². The van der Waals surface area contributed by atoms with E-state index in [9.17, 15) is 18.8 Å². The molecule has 0 aliphatic carbocycles. The number of rotatable bonds is 3. The number of ketones is 1. The lowest BCUT2D eigenvalue weighted by Crippen LogP contribution is -2.45.